The van der Waals surface area contributed by atoms with Gasteiger partial charge in [0.25, 0.3) is 0 Å². The molecule has 0 aliphatic carbocycles. The van der Waals surface area contributed by atoms with Crippen LogP contribution in [0.3, 0.4) is 0 Å². The van der Waals surface area contributed by atoms with E-state index in [1.165, 1.54) is 16.5 Å². The van der Waals surface area contributed by atoms with Gasteiger partial charge in [0, 0.05) is 32.6 Å². The molecule has 2 aromatic carbocycles. The monoisotopic (exact) mass is 365 g/mol. The summed E-state index contributed by atoms with van der Waals surface area (Å²) >= 11 is 5.32. The molecular formula is C17H17BrFNS. The van der Waals surface area contributed by atoms with E-state index in [1.54, 1.807) is 6.07 Å². The highest BCUT2D eigenvalue weighted by Gasteiger charge is 2.32. The maximum absolute atomic E-state index is 14.3. The smallest absolute Gasteiger partial charge is 0.128 e. The minimum atomic E-state index is -0.140. The number of hydrogen-bond acceptors (Lipinski definition) is 2. The van der Waals surface area contributed by atoms with Crippen LogP contribution in [0.25, 0.3) is 0 Å². The summed E-state index contributed by atoms with van der Waals surface area (Å²) in [6.45, 7) is 2.89. The van der Waals surface area contributed by atoms with Crippen molar-refractivity contribution in [3.8, 4) is 0 Å². The summed E-state index contributed by atoms with van der Waals surface area (Å²) in [6.07, 6.45) is 0. The summed E-state index contributed by atoms with van der Waals surface area (Å²) in [5, 5.41) is 3.48. The van der Waals surface area contributed by atoms with Crippen molar-refractivity contribution in [1.82, 2.24) is 5.32 Å². The lowest BCUT2D eigenvalue weighted by atomic mass is 9.88. The molecular weight excluding hydrogens is 349 g/mol. The Morgan fingerprint density at radius 2 is 2.14 bits per heavy atom. The Kier molecular flexibility index (Phi) is 4.67. The van der Waals surface area contributed by atoms with E-state index in [2.05, 4.69) is 52.4 Å². The predicted molar refractivity (Wildman–Crippen MR) is 90.4 cm³/mol. The molecule has 4 heteroatoms. The van der Waals surface area contributed by atoms with E-state index in [0.717, 1.165) is 22.3 Å². The van der Waals surface area contributed by atoms with E-state index in [4.69, 9.17) is 0 Å². The molecule has 2 unspecified atom stereocenters. The first-order valence-electron chi connectivity index (χ1n) is 7.10. The van der Waals surface area contributed by atoms with Crippen molar-refractivity contribution < 1.29 is 4.39 Å². The summed E-state index contributed by atoms with van der Waals surface area (Å²) in [6, 6.07) is 13.6. The zero-order valence-corrected chi connectivity index (χ0v) is 14.2. The van der Waals surface area contributed by atoms with Gasteiger partial charge in [-0.25, -0.2) is 4.39 Å². The molecule has 110 valence electrons. The van der Waals surface area contributed by atoms with Crippen LogP contribution in [-0.2, 0) is 0 Å². The standard InChI is InChI=1S/C17H17BrFNS/c1-2-20-17(13-9-11(18)7-8-15(13)19)14-10-21-16-6-4-3-5-12(14)16/h3-9,14,17,20H,2,10H2,1H3. The molecule has 0 saturated carbocycles. The number of benzene rings is 2. The van der Waals surface area contributed by atoms with Crippen LogP contribution in [0.2, 0.25) is 0 Å². The van der Waals surface area contributed by atoms with Gasteiger partial charge in [0.1, 0.15) is 5.82 Å². The summed E-state index contributed by atoms with van der Waals surface area (Å²) in [5.74, 6) is 1.15. The van der Waals surface area contributed by atoms with Gasteiger partial charge in [-0.3, -0.25) is 0 Å². The number of halogens is 2. The maximum Gasteiger partial charge on any atom is 0.128 e. The lowest BCUT2D eigenvalue weighted by Crippen LogP contribution is -2.28. The molecule has 1 aliphatic rings. The first-order chi connectivity index (χ1) is 10.2. The van der Waals surface area contributed by atoms with E-state index in [9.17, 15) is 4.39 Å². The zero-order chi connectivity index (χ0) is 14.8. The molecule has 2 aromatic rings. The number of likely N-dealkylation sites (N-methyl/N-ethyl adjacent to an activating group) is 1. The summed E-state index contributed by atoms with van der Waals surface area (Å²) in [4.78, 5) is 1.32. The van der Waals surface area contributed by atoms with Crippen LogP contribution in [0.4, 0.5) is 4.39 Å². The lowest BCUT2D eigenvalue weighted by Gasteiger charge is -2.26. The number of hydrogen-bond donors (Lipinski definition) is 1. The van der Waals surface area contributed by atoms with Crippen LogP contribution < -0.4 is 5.32 Å². The molecule has 2 atom stereocenters. The van der Waals surface area contributed by atoms with Gasteiger partial charge in [-0.15, -0.1) is 11.8 Å². The van der Waals surface area contributed by atoms with Crippen LogP contribution in [0.15, 0.2) is 51.8 Å². The molecule has 21 heavy (non-hydrogen) atoms. The largest absolute Gasteiger partial charge is 0.310 e. The van der Waals surface area contributed by atoms with Crippen molar-refractivity contribution in [2.45, 2.75) is 23.8 Å². The third-order valence-corrected chi connectivity index (χ3v) is 5.56. The van der Waals surface area contributed by atoms with Crippen molar-refractivity contribution in [3.05, 3.63) is 63.9 Å². The third-order valence-electron chi connectivity index (χ3n) is 3.86. The Bertz CT molecular complexity index is 646. The Morgan fingerprint density at radius 3 is 2.95 bits per heavy atom. The number of thioether (sulfide) groups is 1. The van der Waals surface area contributed by atoms with Crippen molar-refractivity contribution in [3.63, 3.8) is 0 Å². The molecule has 1 heterocycles. The van der Waals surface area contributed by atoms with Crippen LogP contribution in [0, 0.1) is 5.82 Å². The molecule has 1 nitrogen and oxygen atoms in total. The van der Waals surface area contributed by atoms with Gasteiger partial charge in [-0.1, -0.05) is 41.1 Å². The van der Waals surface area contributed by atoms with Gasteiger partial charge in [-0.2, -0.15) is 0 Å². The maximum atomic E-state index is 14.3. The van der Waals surface area contributed by atoms with E-state index < -0.39 is 0 Å². The zero-order valence-electron chi connectivity index (χ0n) is 11.8. The number of rotatable bonds is 4. The van der Waals surface area contributed by atoms with E-state index >= 15 is 0 Å². The highest BCUT2D eigenvalue weighted by atomic mass is 79.9. The second kappa shape index (κ2) is 6.51. The van der Waals surface area contributed by atoms with Crippen molar-refractivity contribution in [2.75, 3.05) is 12.3 Å². The first kappa shape index (κ1) is 15.1. The number of nitrogens with one attached hydrogen (secondary N) is 1. The molecule has 0 fully saturated rings. The molecule has 0 aromatic heterocycles. The lowest BCUT2D eigenvalue weighted by molar-refractivity contribution is 0.460. The molecule has 1 aliphatic heterocycles. The van der Waals surface area contributed by atoms with Gasteiger partial charge in [0.15, 0.2) is 0 Å². The Balaban J connectivity index is 2.01. The summed E-state index contributed by atoms with van der Waals surface area (Å²) in [5.41, 5.74) is 2.07. The summed E-state index contributed by atoms with van der Waals surface area (Å²) < 4.78 is 15.2. The van der Waals surface area contributed by atoms with Gasteiger partial charge in [0.05, 0.1) is 0 Å². The Morgan fingerprint density at radius 1 is 1.33 bits per heavy atom. The fourth-order valence-corrected chi connectivity index (χ4v) is 4.58. The van der Waals surface area contributed by atoms with Crippen molar-refractivity contribution >= 4 is 27.7 Å². The fraction of sp³-hybridized carbons (Fsp3) is 0.294. The van der Waals surface area contributed by atoms with Gasteiger partial charge in [-0.05, 0) is 36.4 Å². The second-order valence-electron chi connectivity index (χ2n) is 5.16. The molecule has 0 spiro atoms. The Hall–Kier alpha value is -0.840. The average molecular weight is 366 g/mol. The van der Waals surface area contributed by atoms with Gasteiger partial charge in [0.2, 0.25) is 0 Å². The quantitative estimate of drug-likeness (QED) is 0.805. The summed E-state index contributed by atoms with van der Waals surface area (Å²) in [7, 11) is 0. The third kappa shape index (κ3) is 3.03. The molecule has 1 N–H and O–H groups in total. The molecule has 0 radical (unpaired) electrons. The minimum Gasteiger partial charge on any atom is -0.310 e. The van der Waals surface area contributed by atoms with Crippen molar-refractivity contribution in [2.24, 2.45) is 0 Å². The minimum absolute atomic E-state index is 0.00338. The number of fused-ring (bicyclic) bond motifs is 1. The van der Waals surface area contributed by atoms with Gasteiger partial charge >= 0.3 is 0 Å². The topological polar surface area (TPSA) is 12.0 Å². The highest BCUT2D eigenvalue weighted by Crippen LogP contribution is 2.46. The van der Waals surface area contributed by atoms with Crippen LogP contribution in [0.1, 0.15) is 30.0 Å². The molecule has 0 saturated heterocycles. The first-order valence-corrected chi connectivity index (χ1v) is 8.88. The molecule has 0 bridgehead atoms. The second-order valence-corrected chi connectivity index (χ2v) is 7.13. The Labute approximate surface area is 137 Å². The van der Waals surface area contributed by atoms with E-state index in [0.29, 0.717) is 5.92 Å². The van der Waals surface area contributed by atoms with Crippen LogP contribution >= 0.6 is 27.7 Å². The van der Waals surface area contributed by atoms with E-state index in [1.807, 2.05) is 17.8 Å². The normalized spacial score (nSPS) is 18.5. The SMILES string of the molecule is CCNC(c1cc(Br)ccc1F)C1CSc2ccccc21. The average Bonchev–Trinajstić information content (AvgIpc) is 2.91. The fourth-order valence-electron chi connectivity index (χ4n) is 2.91. The van der Waals surface area contributed by atoms with Crippen molar-refractivity contribution in [1.29, 1.82) is 0 Å². The van der Waals surface area contributed by atoms with E-state index in [-0.39, 0.29) is 11.9 Å². The highest BCUT2D eigenvalue weighted by molar-refractivity contribution is 9.10. The van der Waals surface area contributed by atoms with Crippen LogP contribution in [0.5, 0.6) is 0 Å². The van der Waals surface area contributed by atoms with Gasteiger partial charge < -0.3 is 5.32 Å². The molecule has 0 amide bonds. The predicted octanol–water partition coefficient (Wildman–Crippen LogP) is 5.13. The van der Waals surface area contributed by atoms with Crippen LogP contribution in [-0.4, -0.2) is 12.3 Å². The molecule has 3 rings (SSSR count).